The first kappa shape index (κ1) is 41.1. The van der Waals surface area contributed by atoms with Crippen LogP contribution in [0, 0.1) is 5.41 Å². The van der Waals surface area contributed by atoms with Crippen LogP contribution in [-0.4, -0.2) is 37.1 Å². The highest BCUT2D eigenvalue weighted by Crippen LogP contribution is 2.40. The Morgan fingerprint density at radius 2 is 1.38 bits per heavy atom. The largest absolute Gasteiger partial charge is 0.416 e. The minimum atomic E-state index is -5.07. The van der Waals surface area contributed by atoms with Gasteiger partial charge in [0.15, 0.2) is 0 Å². The molecule has 0 spiro atoms. The van der Waals surface area contributed by atoms with Gasteiger partial charge in [0.1, 0.15) is 0 Å². The molecule has 0 fully saturated rings. The normalized spacial score (nSPS) is 13.2. The molecule has 0 aliphatic rings. The van der Waals surface area contributed by atoms with Gasteiger partial charge in [0, 0.05) is 22.8 Å². The van der Waals surface area contributed by atoms with Gasteiger partial charge in [-0.15, -0.1) is 0 Å². The summed E-state index contributed by atoms with van der Waals surface area (Å²) >= 11 is 6.27. The van der Waals surface area contributed by atoms with E-state index >= 15 is 0 Å². The number of amides is 2. The van der Waals surface area contributed by atoms with Crippen LogP contribution >= 0.6 is 11.6 Å². The van der Waals surface area contributed by atoms with E-state index in [9.17, 15) is 44.3 Å². The summed E-state index contributed by atoms with van der Waals surface area (Å²) in [6, 6.07) is 18.2. The molecule has 15 heteroatoms. The quantitative estimate of drug-likeness (QED) is 0.104. The highest BCUT2D eigenvalue weighted by atomic mass is 35.5. The molecule has 4 aromatic rings. The van der Waals surface area contributed by atoms with Crippen molar-refractivity contribution in [3.05, 3.63) is 129 Å². The number of nitrogens with one attached hydrogen (secondary N) is 2. The topological polar surface area (TPSA) is 113 Å². The van der Waals surface area contributed by atoms with Gasteiger partial charge in [0.2, 0.25) is 5.91 Å². The van der Waals surface area contributed by atoms with Crippen LogP contribution in [0.5, 0.6) is 0 Å². The Morgan fingerprint density at radius 3 is 1.91 bits per heavy atom. The predicted molar refractivity (Wildman–Crippen MR) is 192 cm³/mol. The molecule has 0 bridgehead atoms. The fourth-order valence-corrected chi connectivity index (χ4v) is 5.75. The van der Waals surface area contributed by atoms with E-state index in [1.54, 1.807) is 24.3 Å². The van der Waals surface area contributed by atoms with Crippen molar-refractivity contribution in [3.8, 4) is 11.1 Å². The number of allylic oxidation sites excluding steroid dienone is 1. The van der Waals surface area contributed by atoms with Crippen molar-refractivity contribution in [2.45, 2.75) is 45.5 Å². The first-order valence-corrected chi connectivity index (χ1v) is 18.0. The van der Waals surface area contributed by atoms with Gasteiger partial charge in [0.05, 0.1) is 22.8 Å². The van der Waals surface area contributed by atoms with Crippen LogP contribution in [0.4, 0.5) is 32.0 Å². The fraction of sp³-hybridized carbons (Fsp3) is 0.263. The molecule has 0 radical (unpaired) electrons. The molecular weight excluding hydrogens is 746 g/mol. The van der Waals surface area contributed by atoms with E-state index in [4.69, 9.17) is 16.2 Å². The lowest BCUT2D eigenvalue weighted by atomic mass is 9.89. The fourth-order valence-electron chi connectivity index (χ4n) is 5.15. The summed E-state index contributed by atoms with van der Waals surface area (Å²) in [4.78, 5) is 26.4. The molecule has 0 aromatic heterocycles. The number of hydrogen-bond donors (Lipinski definition) is 3. The molecule has 4 rings (SSSR count). The summed E-state index contributed by atoms with van der Waals surface area (Å²) < 4.78 is 112. The molecule has 7 nitrogen and oxygen atoms in total. The van der Waals surface area contributed by atoms with Crippen LogP contribution in [0.25, 0.3) is 17.2 Å². The number of anilines is 1. The lowest BCUT2D eigenvalue weighted by Gasteiger charge is -2.19. The van der Waals surface area contributed by atoms with Crippen LogP contribution in [0.3, 0.4) is 0 Å². The Labute approximate surface area is 307 Å². The van der Waals surface area contributed by atoms with Gasteiger partial charge in [-0.1, -0.05) is 80.9 Å². The Balaban J connectivity index is 1.66. The van der Waals surface area contributed by atoms with Gasteiger partial charge in [0.25, 0.3) is 16.0 Å². The average Bonchev–Trinajstić information content (AvgIpc) is 3.04. The Kier molecular flexibility index (Phi) is 12.5. The third-order valence-electron chi connectivity index (χ3n) is 7.82. The Bertz CT molecular complexity index is 2060. The second-order valence-electron chi connectivity index (χ2n) is 13.4. The number of hydrogen-bond acceptors (Lipinski definition) is 4. The maximum atomic E-state index is 14.0. The van der Waals surface area contributed by atoms with Crippen LogP contribution in [0.2, 0.25) is 5.02 Å². The highest BCUT2D eigenvalue weighted by molar-refractivity contribution is 7.85. The monoisotopic (exact) mass is 780 g/mol. The third kappa shape index (κ3) is 12.5. The molecule has 0 saturated heterocycles. The molecule has 0 aliphatic carbocycles. The lowest BCUT2D eigenvalue weighted by Crippen LogP contribution is -2.28. The Morgan fingerprint density at radius 1 is 0.811 bits per heavy atom. The van der Waals surface area contributed by atoms with Crippen molar-refractivity contribution in [1.82, 2.24) is 5.32 Å². The van der Waals surface area contributed by atoms with E-state index in [2.05, 4.69) is 10.6 Å². The van der Waals surface area contributed by atoms with E-state index in [-0.39, 0.29) is 46.3 Å². The molecular formula is C38H35ClF6N2O5S. The van der Waals surface area contributed by atoms with Gasteiger partial charge in [-0.3, -0.25) is 14.1 Å². The molecule has 3 N–H and O–H groups in total. The lowest BCUT2D eigenvalue weighted by molar-refractivity contribution is -0.143. The summed E-state index contributed by atoms with van der Waals surface area (Å²) in [5.41, 5.74) is -1.33. The van der Waals surface area contributed by atoms with Crippen LogP contribution < -0.4 is 10.6 Å². The maximum Gasteiger partial charge on any atom is 0.416 e. The van der Waals surface area contributed by atoms with E-state index in [1.807, 2.05) is 45.1 Å². The molecule has 0 heterocycles. The molecule has 1 unspecified atom stereocenters. The standard InChI is InChI=1S/C38H35ClF6N2O5S/c1-36(2,3)13-12-23-4-8-25(9-5-23)33(16-24-6-10-26(11-7-24)34(48)46-14-15-53(50,51)52)35(49)47-32-20-28(19-31(39)22-32)27-17-29(37(40,41)42)21-30(18-27)38(43,44)45/h4-13,17-22,33H,14-16H2,1-3H3,(H,46,48)(H,47,49)(H,50,51,52)/b13-12+. The molecule has 53 heavy (non-hydrogen) atoms. The smallest absolute Gasteiger partial charge is 0.351 e. The van der Waals surface area contributed by atoms with E-state index in [0.29, 0.717) is 23.3 Å². The SMILES string of the molecule is CC(C)(C)/C=C/c1ccc(C(Cc2ccc(C(=O)NCCS(=O)(=O)O)cc2)C(=O)Nc2cc(Cl)cc(-c3cc(C(F)(F)F)cc(C(F)(F)F)c3)c2)cc1. The minimum Gasteiger partial charge on any atom is -0.351 e. The zero-order valence-electron chi connectivity index (χ0n) is 28.6. The number of benzene rings is 4. The molecule has 1 atom stereocenters. The zero-order valence-corrected chi connectivity index (χ0v) is 30.1. The summed E-state index contributed by atoms with van der Waals surface area (Å²) in [6.45, 7) is 5.80. The number of halogens is 7. The zero-order chi connectivity index (χ0) is 39.4. The number of carbonyl (C=O) groups excluding carboxylic acids is 2. The minimum absolute atomic E-state index is 0.0222. The highest BCUT2D eigenvalue weighted by Gasteiger charge is 2.37. The van der Waals surface area contributed by atoms with Crippen LogP contribution in [0.15, 0.2) is 91.0 Å². The number of rotatable bonds is 11. The van der Waals surface area contributed by atoms with Gasteiger partial charge >= 0.3 is 12.4 Å². The molecule has 4 aromatic carbocycles. The van der Waals surface area contributed by atoms with Crippen molar-refractivity contribution in [1.29, 1.82) is 0 Å². The van der Waals surface area contributed by atoms with Gasteiger partial charge < -0.3 is 10.6 Å². The van der Waals surface area contributed by atoms with Gasteiger partial charge in [-0.05, 0) is 88.2 Å². The van der Waals surface area contributed by atoms with Crippen LogP contribution in [0.1, 0.15) is 64.9 Å². The van der Waals surface area contributed by atoms with Gasteiger partial charge in [-0.25, -0.2) is 0 Å². The van der Waals surface area contributed by atoms with Crippen molar-refractivity contribution in [2.24, 2.45) is 5.41 Å². The van der Waals surface area contributed by atoms with Crippen molar-refractivity contribution >= 4 is 45.3 Å². The summed E-state index contributed by atoms with van der Waals surface area (Å²) in [5.74, 6) is -2.70. The van der Waals surface area contributed by atoms with E-state index < -0.39 is 62.6 Å². The molecule has 0 aliphatic heterocycles. The summed E-state index contributed by atoms with van der Waals surface area (Å²) in [5, 5.41) is 5.04. The molecule has 0 saturated carbocycles. The summed E-state index contributed by atoms with van der Waals surface area (Å²) in [7, 11) is -4.27. The predicted octanol–water partition coefficient (Wildman–Crippen LogP) is 9.69. The molecule has 2 amide bonds. The van der Waals surface area contributed by atoms with E-state index in [0.717, 1.165) is 5.56 Å². The van der Waals surface area contributed by atoms with Crippen molar-refractivity contribution in [3.63, 3.8) is 0 Å². The molecule has 282 valence electrons. The van der Waals surface area contributed by atoms with Crippen LogP contribution in [-0.2, 0) is 33.7 Å². The van der Waals surface area contributed by atoms with Crippen molar-refractivity contribution in [2.75, 3.05) is 17.6 Å². The maximum absolute atomic E-state index is 14.0. The Hall–Kier alpha value is -4.66. The second kappa shape index (κ2) is 16.1. The van der Waals surface area contributed by atoms with Crippen molar-refractivity contribution < 1.29 is 48.9 Å². The second-order valence-corrected chi connectivity index (χ2v) is 15.4. The van der Waals surface area contributed by atoms with E-state index in [1.165, 1.54) is 30.3 Å². The number of alkyl halides is 6. The first-order chi connectivity index (χ1) is 24.5. The third-order valence-corrected chi connectivity index (χ3v) is 8.76. The van der Waals surface area contributed by atoms with Gasteiger partial charge in [-0.2, -0.15) is 34.8 Å². The average molecular weight is 781 g/mol. The summed E-state index contributed by atoms with van der Waals surface area (Å²) in [6.07, 6.45) is -6.08. The number of carbonyl (C=O) groups is 2. The first-order valence-electron chi connectivity index (χ1n) is 16.0.